The highest BCUT2D eigenvalue weighted by Gasteiger charge is 2.42. The first-order chi connectivity index (χ1) is 11.4. The maximum Gasteiger partial charge on any atom is 0.391 e. The van der Waals surface area contributed by atoms with Gasteiger partial charge in [-0.2, -0.15) is 13.2 Å². The third-order valence-electron chi connectivity index (χ3n) is 4.45. The molecule has 1 aromatic rings. The molecule has 0 amide bonds. The van der Waals surface area contributed by atoms with Gasteiger partial charge in [-0.1, -0.05) is 19.4 Å². The van der Waals surface area contributed by atoms with Gasteiger partial charge in [0.05, 0.1) is 5.92 Å². The van der Waals surface area contributed by atoms with Crippen LogP contribution in [0.2, 0.25) is 0 Å². The van der Waals surface area contributed by atoms with E-state index in [4.69, 9.17) is 0 Å². The molecule has 2 N–H and O–H groups in total. The van der Waals surface area contributed by atoms with Gasteiger partial charge in [0.25, 0.3) is 0 Å². The van der Waals surface area contributed by atoms with Crippen molar-refractivity contribution in [1.82, 2.24) is 10.6 Å². The number of alkyl halides is 3. The predicted molar refractivity (Wildman–Crippen MR) is 93.5 cm³/mol. The zero-order chi connectivity index (χ0) is 17.6. The summed E-state index contributed by atoms with van der Waals surface area (Å²) in [6.07, 6.45) is -1.36. The Bertz CT molecular complexity index is 514. The fourth-order valence-electron chi connectivity index (χ4n) is 3.12. The molecule has 3 nitrogen and oxygen atoms in total. The van der Waals surface area contributed by atoms with Crippen molar-refractivity contribution < 1.29 is 13.2 Å². The fraction of sp³-hybridized carbons (Fsp3) is 0.706. The summed E-state index contributed by atoms with van der Waals surface area (Å²) >= 11 is 1.74. The largest absolute Gasteiger partial charge is 0.391 e. The first kappa shape index (κ1) is 19.1. The Morgan fingerprint density at radius 1 is 1.42 bits per heavy atom. The molecule has 1 fully saturated rings. The van der Waals surface area contributed by atoms with Gasteiger partial charge in [-0.05, 0) is 43.0 Å². The van der Waals surface area contributed by atoms with E-state index in [-0.39, 0.29) is 18.9 Å². The lowest BCUT2D eigenvalue weighted by Crippen LogP contribution is -2.47. The van der Waals surface area contributed by atoms with Crippen LogP contribution in [0.15, 0.2) is 22.5 Å². The molecule has 1 heterocycles. The van der Waals surface area contributed by atoms with Crippen molar-refractivity contribution in [2.75, 3.05) is 13.6 Å². The van der Waals surface area contributed by atoms with Gasteiger partial charge in [0.15, 0.2) is 5.96 Å². The molecule has 7 heteroatoms. The Morgan fingerprint density at radius 2 is 2.21 bits per heavy atom. The Morgan fingerprint density at radius 3 is 2.83 bits per heavy atom. The number of halogens is 3. The molecule has 0 radical (unpaired) electrons. The van der Waals surface area contributed by atoms with Gasteiger partial charge in [0.2, 0.25) is 0 Å². The molecule has 24 heavy (non-hydrogen) atoms. The van der Waals surface area contributed by atoms with Crippen LogP contribution in [-0.4, -0.2) is 31.8 Å². The zero-order valence-electron chi connectivity index (χ0n) is 14.2. The minimum absolute atomic E-state index is 0.134. The van der Waals surface area contributed by atoms with E-state index in [0.29, 0.717) is 18.3 Å². The molecule has 3 atom stereocenters. The van der Waals surface area contributed by atoms with Gasteiger partial charge in [0.1, 0.15) is 0 Å². The molecule has 136 valence electrons. The average Bonchev–Trinajstić information content (AvgIpc) is 3.03. The van der Waals surface area contributed by atoms with E-state index >= 15 is 0 Å². The zero-order valence-corrected chi connectivity index (χ0v) is 15.0. The summed E-state index contributed by atoms with van der Waals surface area (Å²) in [4.78, 5) is 5.49. The van der Waals surface area contributed by atoms with Crippen LogP contribution in [0, 0.1) is 11.8 Å². The smallest absolute Gasteiger partial charge is 0.356 e. The number of rotatable bonds is 5. The first-order valence-electron chi connectivity index (χ1n) is 8.44. The van der Waals surface area contributed by atoms with Gasteiger partial charge in [-0.3, -0.25) is 4.99 Å². The summed E-state index contributed by atoms with van der Waals surface area (Å²) in [5.74, 6) is -0.169. The maximum atomic E-state index is 12.9. The van der Waals surface area contributed by atoms with Crippen LogP contribution in [0.25, 0.3) is 0 Å². The van der Waals surface area contributed by atoms with Crippen LogP contribution in [0.1, 0.15) is 37.5 Å². The van der Waals surface area contributed by atoms with Gasteiger partial charge in [-0.25, -0.2) is 0 Å². The van der Waals surface area contributed by atoms with Crippen LogP contribution < -0.4 is 10.6 Å². The van der Waals surface area contributed by atoms with Crippen LogP contribution >= 0.6 is 11.3 Å². The van der Waals surface area contributed by atoms with Crippen molar-refractivity contribution in [3.05, 3.63) is 22.4 Å². The molecule has 1 aromatic heterocycles. The molecule has 0 aromatic carbocycles. The third-order valence-corrected chi connectivity index (χ3v) is 5.35. The lowest BCUT2D eigenvalue weighted by Gasteiger charge is -2.32. The van der Waals surface area contributed by atoms with E-state index in [1.165, 1.54) is 4.88 Å². The molecule has 0 saturated heterocycles. The predicted octanol–water partition coefficient (Wildman–Crippen LogP) is 4.21. The Balaban J connectivity index is 1.77. The summed E-state index contributed by atoms with van der Waals surface area (Å²) in [5, 5.41) is 8.47. The van der Waals surface area contributed by atoms with Crippen LogP contribution in [-0.2, 0) is 6.42 Å². The first-order valence-corrected chi connectivity index (χ1v) is 9.32. The number of thiophene rings is 1. The second-order valence-corrected chi connectivity index (χ2v) is 7.62. The second-order valence-electron chi connectivity index (χ2n) is 6.59. The summed E-state index contributed by atoms with van der Waals surface area (Å²) in [7, 11) is 1.66. The topological polar surface area (TPSA) is 36.4 Å². The SMILES string of the molecule is CN=C(NCC(C)Cc1cccs1)NC1CCCC(C(F)(F)F)C1. The lowest BCUT2D eigenvalue weighted by molar-refractivity contribution is -0.183. The second kappa shape index (κ2) is 8.74. The summed E-state index contributed by atoms with van der Waals surface area (Å²) in [6.45, 7) is 2.90. The van der Waals surface area contributed by atoms with Crippen LogP contribution in [0.5, 0.6) is 0 Å². The van der Waals surface area contributed by atoms with Crippen LogP contribution in [0.4, 0.5) is 13.2 Å². The maximum absolute atomic E-state index is 12.9. The Hall–Kier alpha value is -1.24. The quantitative estimate of drug-likeness (QED) is 0.609. The monoisotopic (exact) mass is 361 g/mol. The highest BCUT2D eigenvalue weighted by molar-refractivity contribution is 7.09. The molecule has 0 aliphatic heterocycles. The van der Waals surface area contributed by atoms with Crippen molar-refractivity contribution in [2.45, 2.75) is 51.2 Å². The van der Waals surface area contributed by atoms with Gasteiger partial charge < -0.3 is 10.6 Å². The molecular formula is C17H26F3N3S. The van der Waals surface area contributed by atoms with Gasteiger partial charge in [-0.15, -0.1) is 11.3 Å². The van der Waals surface area contributed by atoms with E-state index in [1.54, 1.807) is 18.4 Å². The van der Waals surface area contributed by atoms with E-state index in [2.05, 4.69) is 34.0 Å². The highest BCUT2D eigenvalue weighted by Crippen LogP contribution is 2.37. The third kappa shape index (κ3) is 6.00. The minimum Gasteiger partial charge on any atom is -0.356 e. The number of aliphatic imine (C=N–C) groups is 1. The molecule has 3 unspecified atom stereocenters. The standard InChI is InChI=1S/C17H26F3N3S/c1-12(9-15-7-4-8-24-15)11-22-16(21-2)23-14-6-3-5-13(10-14)17(18,19)20/h4,7-8,12-14H,3,5-6,9-11H2,1-2H3,(H2,21,22,23). The number of guanidine groups is 1. The van der Waals surface area contributed by atoms with Crippen molar-refractivity contribution in [2.24, 2.45) is 16.8 Å². The number of hydrogen-bond acceptors (Lipinski definition) is 2. The van der Waals surface area contributed by atoms with Crippen molar-refractivity contribution >= 4 is 17.3 Å². The average molecular weight is 361 g/mol. The van der Waals surface area contributed by atoms with Gasteiger partial charge >= 0.3 is 6.18 Å². The van der Waals surface area contributed by atoms with E-state index in [9.17, 15) is 13.2 Å². The molecule has 1 saturated carbocycles. The minimum atomic E-state index is -4.09. The number of nitrogens with zero attached hydrogens (tertiary/aromatic N) is 1. The molecule has 0 bridgehead atoms. The number of hydrogen-bond donors (Lipinski definition) is 2. The van der Waals surface area contributed by atoms with Crippen molar-refractivity contribution in [3.8, 4) is 0 Å². The van der Waals surface area contributed by atoms with E-state index in [1.807, 2.05) is 6.07 Å². The Kier molecular flexibility index (Phi) is 6.95. The normalized spacial score (nSPS) is 23.8. The molecule has 1 aliphatic rings. The Labute approximate surface area is 145 Å². The van der Waals surface area contributed by atoms with Gasteiger partial charge in [0, 0.05) is 24.5 Å². The summed E-state index contributed by atoms with van der Waals surface area (Å²) in [5.41, 5.74) is 0. The summed E-state index contributed by atoms with van der Waals surface area (Å²) < 4.78 is 38.7. The van der Waals surface area contributed by atoms with Crippen molar-refractivity contribution in [1.29, 1.82) is 0 Å². The van der Waals surface area contributed by atoms with E-state index in [0.717, 1.165) is 19.4 Å². The molecule has 2 rings (SSSR count). The molecular weight excluding hydrogens is 335 g/mol. The number of nitrogens with one attached hydrogen (secondary N) is 2. The lowest BCUT2D eigenvalue weighted by atomic mass is 9.85. The molecule has 1 aliphatic carbocycles. The summed E-state index contributed by atoms with van der Waals surface area (Å²) in [6, 6.07) is 4.00. The highest BCUT2D eigenvalue weighted by atomic mass is 32.1. The van der Waals surface area contributed by atoms with Crippen LogP contribution in [0.3, 0.4) is 0 Å². The van der Waals surface area contributed by atoms with Crippen molar-refractivity contribution in [3.63, 3.8) is 0 Å². The fourth-order valence-corrected chi connectivity index (χ4v) is 3.99. The van der Waals surface area contributed by atoms with E-state index < -0.39 is 12.1 Å². The molecule has 0 spiro atoms.